The summed E-state index contributed by atoms with van der Waals surface area (Å²) in [4.78, 5) is 15.5. The number of carboxylic acid groups (broad SMARTS) is 1. The van der Waals surface area contributed by atoms with E-state index in [2.05, 4.69) is 26.0 Å². The SMILES string of the molecule is O=C(O)[C@@H]1CCCC[C@H]1c1nn(-c2ccc(F)cn2)cc1Br. The molecule has 1 N–H and O–H groups in total. The van der Waals surface area contributed by atoms with E-state index in [1.54, 1.807) is 10.9 Å². The molecule has 1 fully saturated rings. The molecule has 0 unspecified atom stereocenters. The topological polar surface area (TPSA) is 68.0 Å². The molecule has 0 saturated heterocycles. The number of hydrogen-bond donors (Lipinski definition) is 1. The van der Waals surface area contributed by atoms with Crippen molar-refractivity contribution in [3.05, 3.63) is 40.5 Å². The molecule has 2 aromatic heterocycles. The maximum Gasteiger partial charge on any atom is 0.307 e. The van der Waals surface area contributed by atoms with Crippen LogP contribution in [0, 0.1) is 11.7 Å². The lowest BCUT2D eigenvalue weighted by atomic mass is 9.77. The number of aliphatic carboxylic acids is 1. The third-order valence-electron chi connectivity index (χ3n) is 4.08. The number of hydrogen-bond acceptors (Lipinski definition) is 3. The zero-order valence-corrected chi connectivity index (χ0v) is 13.3. The molecule has 0 aromatic carbocycles. The summed E-state index contributed by atoms with van der Waals surface area (Å²) in [5, 5.41) is 13.9. The Bertz CT molecular complexity index is 687. The zero-order valence-electron chi connectivity index (χ0n) is 11.7. The van der Waals surface area contributed by atoms with Crippen molar-refractivity contribution in [1.29, 1.82) is 0 Å². The molecule has 0 radical (unpaired) electrons. The molecule has 2 atom stereocenters. The van der Waals surface area contributed by atoms with Crippen molar-refractivity contribution in [3.63, 3.8) is 0 Å². The van der Waals surface area contributed by atoms with E-state index in [1.165, 1.54) is 12.1 Å². The van der Waals surface area contributed by atoms with Crippen molar-refractivity contribution in [2.75, 3.05) is 0 Å². The highest BCUT2D eigenvalue weighted by atomic mass is 79.9. The van der Waals surface area contributed by atoms with Gasteiger partial charge < -0.3 is 5.11 Å². The molecule has 22 heavy (non-hydrogen) atoms. The Morgan fingerprint density at radius 2 is 2.14 bits per heavy atom. The first kappa shape index (κ1) is 15.1. The summed E-state index contributed by atoms with van der Waals surface area (Å²) < 4.78 is 15.3. The lowest BCUT2D eigenvalue weighted by Crippen LogP contribution is -2.26. The third-order valence-corrected chi connectivity index (χ3v) is 4.69. The van der Waals surface area contributed by atoms with E-state index in [-0.39, 0.29) is 5.92 Å². The van der Waals surface area contributed by atoms with Crippen molar-refractivity contribution in [2.24, 2.45) is 5.92 Å². The number of rotatable bonds is 3. The minimum absolute atomic E-state index is 0.109. The molecule has 0 spiro atoms. The van der Waals surface area contributed by atoms with Crippen molar-refractivity contribution in [3.8, 4) is 5.82 Å². The predicted molar refractivity (Wildman–Crippen MR) is 81.4 cm³/mol. The van der Waals surface area contributed by atoms with Crippen LogP contribution in [0.1, 0.15) is 37.3 Å². The molecule has 1 aliphatic rings. The number of pyridine rings is 1. The summed E-state index contributed by atoms with van der Waals surface area (Å²) in [7, 11) is 0. The Balaban J connectivity index is 1.94. The molecule has 5 nitrogen and oxygen atoms in total. The van der Waals surface area contributed by atoms with Crippen molar-refractivity contribution in [1.82, 2.24) is 14.8 Å². The quantitative estimate of drug-likeness (QED) is 0.900. The summed E-state index contributed by atoms with van der Waals surface area (Å²) >= 11 is 3.46. The predicted octanol–water partition coefficient (Wildman–Crippen LogP) is 3.53. The molecular formula is C15H15BrFN3O2. The minimum Gasteiger partial charge on any atom is -0.481 e. The van der Waals surface area contributed by atoms with Gasteiger partial charge in [0.25, 0.3) is 0 Å². The summed E-state index contributed by atoms with van der Waals surface area (Å²) in [5.41, 5.74) is 0.734. The Morgan fingerprint density at radius 3 is 2.82 bits per heavy atom. The van der Waals surface area contributed by atoms with Gasteiger partial charge in [0.2, 0.25) is 0 Å². The molecule has 1 aliphatic carbocycles. The molecule has 2 heterocycles. The van der Waals surface area contributed by atoms with Gasteiger partial charge in [0.1, 0.15) is 5.82 Å². The van der Waals surface area contributed by atoms with Crippen LogP contribution in [0.25, 0.3) is 5.82 Å². The van der Waals surface area contributed by atoms with Gasteiger partial charge >= 0.3 is 5.97 Å². The Morgan fingerprint density at radius 1 is 1.36 bits per heavy atom. The molecule has 2 aromatic rings. The maximum atomic E-state index is 13.0. The first-order valence-corrected chi connectivity index (χ1v) is 7.95. The fourth-order valence-electron chi connectivity index (χ4n) is 2.99. The molecule has 3 rings (SSSR count). The Kier molecular flexibility index (Phi) is 4.24. The second-order valence-electron chi connectivity index (χ2n) is 5.48. The summed E-state index contributed by atoms with van der Waals surface area (Å²) in [6.07, 6.45) is 6.29. The van der Waals surface area contributed by atoms with Crippen LogP contribution in [-0.4, -0.2) is 25.8 Å². The average molecular weight is 368 g/mol. The fourth-order valence-corrected chi connectivity index (χ4v) is 3.56. The van der Waals surface area contributed by atoms with Crippen LogP contribution in [0.2, 0.25) is 0 Å². The minimum atomic E-state index is -0.772. The van der Waals surface area contributed by atoms with E-state index in [0.717, 1.165) is 35.6 Å². The highest BCUT2D eigenvalue weighted by Gasteiger charge is 2.34. The van der Waals surface area contributed by atoms with Gasteiger partial charge in [-0.05, 0) is 40.9 Å². The van der Waals surface area contributed by atoms with E-state index < -0.39 is 17.7 Å². The number of carbonyl (C=O) groups is 1. The van der Waals surface area contributed by atoms with E-state index in [1.807, 2.05) is 0 Å². The number of nitrogens with zero attached hydrogens (tertiary/aromatic N) is 3. The van der Waals surface area contributed by atoms with Crippen LogP contribution in [0.15, 0.2) is 29.0 Å². The van der Waals surface area contributed by atoms with Gasteiger partial charge in [-0.15, -0.1) is 0 Å². The Hall–Kier alpha value is -1.76. The largest absolute Gasteiger partial charge is 0.481 e. The molecule has 1 saturated carbocycles. The Labute approximate surface area is 135 Å². The van der Waals surface area contributed by atoms with Gasteiger partial charge in [-0.3, -0.25) is 4.79 Å². The normalized spacial score (nSPS) is 21.7. The van der Waals surface area contributed by atoms with Crippen molar-refractivity contribution < 1.29 is 14.3 Å². The van der Waals surface area contributed by atoms with E-state index in [9.17, 15) is 14.3 Å². The number of aromatic nitrogens is 3. The monoisotopic (exact) mass is 367 g/mol. The fraction of sp³-hybridized carbons (Fsp3) is 0.400. The lowest BCUT2D eigenvalue weighted by molar-refractivity contribution is -0.143. The van der Waals surface area contributed by atoms with Crippen LogP contribution in [0.3, 0.4) is 0 Å². The zero-order chi connectivity index (χ0) is 15.7. The van der Waals surface area contributed by atoms with Crippen LogP contribution in [-0.2, 0) is 4.79 Å². The highest BCUT2D eigenvalue weighted by Crippen LogP contribution is 2.40. The van der Waals surface area contributed by atoms with Crippen LogP contribution in [0.5, 0.6) is 0 Å². The molecule has 7 heteroatoms. The number of halogens is 2. The van der Waals surface area contributed by atoms with Crippen LogP contribution in [0.4, 0.5) is 4.39 Å². The van der Waals surface area contributed by atoms with Gasteiger partial charge in [0.15, 0.2) is 5.82 Å². The second-order valence-corrected chi connectivity index (χ2v) is 6.33. The molecule has 116 valence electrons. The third kappa shape index (κ3) is 2.90. The highest BCUT2D eigenvalue weighted by molar-refractivity contribution is 9.10. The standard InChI is InChI=1S/C15H15BrFN3O2/c16-12-8-20(13-6-5-9(17)7-18-13)19-14(12)10-3-1-2-4-11(10)15(21)22/h5-8,10-11H,1-4H2,(H,21,22)/t10-,11-/m1/s1. The van der Waals surface area contributed by atoms with Crippen molar-refractivity contribution >= 4 is 21.9 Å². The number of carboxylic acids is 1. The van der Waals surface area contributed by atoms with E-state index >= 15 is 0 Å². The summed E-state index contributed by atoms with van der Waals surface area (Å²) in [5.74, 6) is -1.20. The smallest absolute Gasteiger partial charge is 0.307 e. The van der Waals surface area contributed by atoms with Gasteiger partial charge in [0.05, 0.1) is 22.3 Å². The average Bonchev–Trinajstić information content (AvgIpc) is 2.89. The van der Waals surface area contributed by atoms with Gasteiger partial charge in [-0.1, -0.05) is 12.8 Å². The molecule has 0 aliphatic heterocycles. The first-order valence-electron chi connectivity index (χ1n) is 7.16. The molecule has 0 bridgehead atoms. The van der Waals surface area contributed by atoms with Crippen molar-refractivity contribution in [2.45, 2.75) is 31.6 Å². The van der Waals surface area contributed by atoms with Gasteiger partial charge in [-0.25, -0.2) is 14.1 Å². The van der Waals surface area contributed by atoms with E-state index in [4.69, 9.17) is 0 Å². The van der Waals surface area contributed by atoms with Crippen LogP contribution >= 0.6 is 15.9 Å². The molecule has 0 amide bonds. The van der Waals surface area contributed by atoms with E-state index in [0.29, 0.717) is 12.2 Å². The molecular weight excluding hydrogens is 353 g/mol. The maximum absolute atomic E-state index is 13.0. The van der Waals surface area contributed by atoms with Gasteiger partial charge in [0, 0.05) is 12.1 Å². The summed E-state index contributed by atoms with van der Waals surface area (Å²) in [6, 6.07) is 2.85. The van der Waals surface area contributed by atoms with Gasteiger partial charge in [-0.2, -0.15) is 5.10 Å². The first-order chi connectivity index (χ1) is 10.6. The lowest BCUT2D eigenvalue weighted by Gasteiger charge is -2.27. The van der Waals surface area contributed by atoms with Crippen LogP contribution < -0.4 is 0 Å². The summed E-state index contributed by atoms with van der Waals surface area (Å²) in [6.45, 7) is 0. The second kappa shape index (κ2) is 6.16.